The van der Waals surface area contributed by atoms with Gasteiger partial charge in [-0.25, -0.2) is 4.98 Å². The zero-order chi connectivity index (χ0) is 33.6. The predicted molar refractivity (Wildman–Crippen MR) is 210 cm³/mol. The van der Waals surface area contributed by atoms with E-state index in [1.165, 1.54) is 32.7 Å². The van der Waals surface area contributed by atoms with Gasteiger partial charge in [0.2, 0.25) is 6.71 Å². The van der Waals surface area contributed by atoms with Gasteiger partial charge in [0.15, 0.2) is 0 Å². The second-order valence-corrected chi connectivity index (χ2v) is 14.4. The summed E-state index contributed by atoms with van der Waals surface area (Å²) in [6.45, 7) is 3.26. The minimum absolute atomic E-state index is 0.263. The molecule has 0 atom stereocenters. The Balaban J connectivity index is 0.000000188. The Hall–Kier alpha value is -5.39. The number of hydrogen-bond donors (Lipinski definition) is 0. The van der Waals surface area contributed by atoms with Crippen LogP contribution in [-0.4, -0.2) is 32.4 Å². The first-order chi connectivity index (χ1) is 24.3. The lowest BCUT2D eigenvalue weighted by molar-refractivity contribution is 0.309. The fraction of sp³-hybridized carbons (Fsp3) is 0.114. The fourth-order valence-corrected chi connectivity index (χ4v) is 8.96. The summed E-state index contributed by atoms with van der Waals surface area (Å²) in [4.78, 5) is 4.41. The Morgan fingerprint density at radius 3 is 1.55 bits per heavy atom. The third-order valence-electron chi connectivity index (χ3n) is 8.97. The predicted octanol–water partition coefficient (Wildman–Crippen LogP) is 6.51. The lowest BCUT2D eigenvalue weighted by atomic mass is 9.37. The van der Waals surface area contributed by atoms with Gasteiger partial charge < -0.3 is 9.30 Å². The van der Waals surface area contributed by atoms with Crippen molar-refractivity contribution in [2.24, 2.45) is 0 Å². The molecule has 0 N–H and O–H groups in total. The molecule has 0 bridgehead atoms. The Kier molecular flexibility index (Phi) is 11.7. The van der Waals surface area contributed by atoms with Crippen LogP contribution in [0, 0.1) is 0 Å². The van der Waals surface area contributed by atoms with Crippen LogP contribution in [0.25, 0.3) is 0 Å². The number of hydrogen-bond acceptors (Lipinski definition) is 2. The van der Waals surface area contributed by atoms with E-state index in [0.29, 0.717) is 6.71 Å². The molecule has 1 heterocycles. The molecule has 0 amide bonds. The van der Waals surface area contributed by atoms with Gasteiger partial charge >= 0.3 is 0 Å². The van der Waals surface area contributed by atoms with Gasteiger partial charge in [-0.2, -0.15) is 0 Å². The molecular formula is C44H43BN2OSi. The first kappa shape index (κ1) is 33.5. The van der Waals surface area contributed by atoms with Gasteiger partial charge in [-0.05, 0) is 29.7 Å². The maximum Gasteiger partial charge on any atom is 0.241 e. The topological polar surface area (TPSA) is 27.1 Å². The third kappa shape index (κ3) is 8.37. The van der Waals surface area contributed by atoms with E-state index in [0.717, 1.165) is 25.2 Å². The van der Waals surface area contributed by atoms with Gasteiger partial charge in [-0.1, -0.05) is 199 Å². The second-order valence-electron chi connectivity index (χ2n) is 12.3. The largest absolute Gasteiger partial charge is 0.494 e. The standard InChI is InChI=1S/C26H28N2OSi.C18H15B/c1-2-3-19-29-24-15-10-16-25(20-24)30-26(28-18-17-27-21-28,22-11-6-4-7-12-22)23-13-8-5-9-14-23;1-4-10-16(11-5-1)19(17-12-6-2-7-13-17)18-14-8-3-9-15-18/h4-18,20-21H,2-3,19,30H2,1H3;1-15H. The Morgan fingerprint density at radius 2 is 1.10 bits per heavy atom. The number of unbranched alkanes of at least 4 members (excludes halogenated alkanes) is 1. The van der Waals surface area contributed by atoms with Crippen LogP contribution in [-0.2, 0) is 5.16 Å². The minimum atomic E-state index is -0.877. The van der Waals surface area contributed by atoms with Crippen molar-refractivity contribution in [1.82, 2.24) is 9.55 Å². The molecule has 5 heteroatoms. The maximum atomic E-state index is 6.01. The highest BCUT2D eigenvalue weighted by Gasteiger charge is 2.36. The molecule has 0 fully saturated rings. The van der Waals surface area contributed by atoms with Crippen molar-refractivity contribution >= 4 is 37.8 Å². The molecule has 0 spiro atoms. The summed E-state index contributed by atoms with van der Waals surface area (Å²) >= 11 is 0. The van der Waals surface area contributed by atoms with Gasteiger partial charge in [0, 0.05) is 12.4 Å². The van der Waals surface area contributed by atoms with Crippen LogP contribution < -0.4 is 26.3 Å². The Bertz CT molecular complexity index is 1810. The summed E-state index contributed by atoms with van der Waals surface area (Å²) in [7, 11) is -0.877. The first-order valence-electron chi connectivity index (χ1n) is 17.2. The molecule has 0 saturated carbocycles. The van der Waals surface area contributed by atoms with Crippen LogP contribution >= 0.6 is 0 Å². The van der Waals surface area contributed by atoms with Crippen LogP contribution in [0.15, 0.2) is 195 Å². The quantitative estimate of drug-likeness (QED) is 0.111. The van der Waals surface area contributed by atoms with Gasteiger partial charge in [0.1, 0.15) is 5.75 Å². The van der Waals surface area contributed by atoms with Crippen molar-refractivity contribution in [3.63, 3.8) is 0 Å². The smallest absolute Gasteiger partial charge is 0.241 e. The molecule has 0 unspecified atom stereocenters. The molecule has 3 nitrogen and oxygen atoms in total. The highest BCUT2D eigenvalue weighted by molar-refractivity contribution is 6.95. The van der Waals surface area contributed by atoms with E-state index in [1.54, 1.807) is 0 Å². The molecule has 0 radical (unpaired) electrons. The lowest BCUT2D eigenvalue weighted by Gasteiger charge is -2.37. The fourth-order valence-electron chi connectivity index (χ4n) is 6.56. The van der Waals surface area contributed by atoms with Crippen molar-refractivity contribution in [1.29, 1.82) is 0 Å². The van der Waals surface area contributed by atoms with Crippen LogP contribution in [0.5, 0.6) is 5.75 Å². The average Bonchev–Trinajstić information content (AvgIpc) is 3.73. The lowest BCUT2D eigenvalue weighted by Crippen LogP contribution is -2.51. The zero-order valence-corrected chi connectivity index (χ0v) is 29.6. The summed E-state index contributed by atoms with van der Waals surface area (Å²) in [5, 5.41) is 1.10. The zero-order valence-electron chi connectivity index (χ0n) is 28.2. The monoisotopic (exact) mass is 654 g/mol. The second kappa shape index (κ2) is 17.1. The van der Waals surface area contributed by atoms with Gasteiger partial charge in [0.25, 0.3) is 0 Å². The van der Waals surface area contributed by atoms with Crippen molar-refractivity contribution in [2.45, 2.75) is 24.9 Å². The van der Waals surface area contributed by atoms with Gasteiger partial charge in [0.05, 0.1) is 27.6 Å². The van der Waals surface area contributed by atoms with Crippen LogP contribution in [0.3, 0.4) is 0 Å². The number of benzene rings is 6. The molecule has 0 aliphatic rings. The number of rotatable bonds is 12. The van der Waals surface area contributed by atoms with E-state index in [2.05, 4.69) is 199 Å². The molecular weight excluding hydrogens is 611 g/mol. The van der Waals surface area contributed by atoms with Gasteiger partial charge in [-0.15, -0.1) is 0 Å². The molecule has 7 aromatic rings. The van der Waals surface area contributed by atoms with Crippen LogP contribution in [0.4, 0.5) is 0 Å². The van der Waals surface area contributed by atoms with E-state index >= 15 is 0 Å². The SMILES string of the molecule is CCCCOc1cccc([SiH2]C(c2ccccc2)(c2ccccc2)n2ccnc2)c1.c1ccc(B(c2ccccc2)c2ccccc2)cc1. The molecule has 7 rings (SSSR count). The Morgan fingerprint density at radius 1 is 0.612 bits per heavy atom. The first-order valence-corrected chi connectivity index (χ1v) is 18.7. The Labute approximate surface area is 294 Å². The van der Waals surface area contributed by atoms with Crippen LogP contribution in [0.2, 0.25) is 0 Å². The number of ether oxygens (including phenoxy) is 1. The average molecular weight is 655 g/mol. The van der Waals surface area contributed by atoms with E-state index in [1.807, 2.05) is 12.5 Å². The summed E-state index contributed by atoms with van der Waals surface area (Å²) in [6, 6.07) is 62.3. The molecule has 242 valence electrons. The summed E-state index contributed by atoms with van der Waals surface area (Å²) in [5.74, 6) is 0.967. The summed E-state index contributed by atoms with van der Waals surface area (Å²) in [5.41, 5.74) is 6.58. The molecule has 6 aromatic carbocycles. The van der Waals surface area contributed by atoms with Crippen molar-refractivity contribution in [2.75, 3.05) is 6.61 Å². The molecule has 0 aliphatic heterocycles. The van der Waals surface area contributed by atoms with Crippen molar-refractivity contribution in [3.05, 3.63) is 206 Å². The summed E-state index contributed by atoms with van der Waals surface area (Å²) in [6.07, 6.45) is 8.14. The molecule has 49 heavy (non-hydrogen) atoms. The van der Waals surface area contributed by atoms with E-state index in [9.17, 15) is 0 Å². The molecule has 0 aliphatic carbocycles. The highest BCUT2D eigenvalue weighted by atomic mass is 28.2. The van der Waals surface area contributed by atoms with Crippen molar-refractivity contribution < 1.29 is 4.74 Å². The molecule has 0 saturated heterocycles. The maximum absolute atomic E-state index is 6.01. The normalized spacial score (nSPS) is 11.1. The third-order valence-corrected chi connectivity index (χ3v) is 11.5. The number of imidazole rings is 1. The van der Waals surface area contributed by atoms with Crippen LogP contribution in [0.1, 0.15) is 30.9 Å². The van der Waals surface area contributed by atoms with E-state index in [-0.39, 0.29) is 5.16 Å². The van der Waals surface area contributed by atoms with E-state index < -0.39 is 9.52 Å². The van der Waals surface area contributed by atoms with E-state index in [4.69, 9.17) is 4.74 Å². The van der Waals surface area contributed by atoms with Crippen molar-refractivity contribution in [3.8, 4) is 5.75 Å². The minimum Gasteiger partial charge on any atom is -0.494 e. The summed E-state index contributed by atoms with van der Waals surface area (Å²) < 4.78 is 8.29. The highest BCUT2D eigenvalue weighted by Crippen LogP contribution is 2.33. The number of nitrogens with zero attached hydrogens (tertiary/aromatic N) is 2. The van der Waals surface area contributed by atoms with Gasteiger partial charge in [-0.3, -0.25) is 0 Å². The molecule has 1 aromatic heterocycles. The number of aromatic nitrogens is 2.